The van der Waals surface area contributed by atoms with Gasteiger partial charge in [0.2, 0.25) is 0 Å². The summed E-state index contributed by atoms with van der Waals surface area (Å²) >= 11 is 2.80. The lowest BCUT2D eigenvalue weighted by atomic mass is 9.49. The van der Waals surface area contributed by atoms with Crippen molar-refractivity contribution in [3.8, 4) is 57.7 Å². The summed E-state index contributed by atoms with van der Waals surface area (Å²) in [6, 6.07) is 75.3. The minimum atomic E-state index is -0.639. The van der Waals surface area contributed by atoms with Crippen LogP contribution in [0.2, 0.25) is 0 Å². The van der Waals surface area contributed by atoms with E-state index in [1.807, 2.05) is 146 Å². The number of phenols is 2. The molecule has 8 aromatic carbocycles. The molecule has 0 aliphatic heterocycles. The van der Waals surface area contributed by atoms with E-state index in [2.05, 4.69) is 69.6 Å². The monoisotopic (exact) mass is 1020 g/mol. The van der Waals surface area contributed by atoms with Crippen LogP contribution in [0.25, 0.3) is 54.1 Å². The van der Waals surface area contributed by atoms with Crippen molar-refractivity contribution in [2.75, 3.05) is 14.2 Å². The molecule has 0 fully saturated rings. The zero-order valence-corrected chi connectivity index (χ0v) is 42.8. The van der Waals surface area contributed by atoms with Crippen LogP contribution < -0.4 is 42.0 Å². The van der Waals surface area contributed by atoms with E-state index < -0.39 is 13.7 Å². The van der Waals surface area contributed by atoms with E-state index in [1.165, 1.54) is 22.7 Å². The molecule has 0 bridgehead atoms. The molecular formula is C62H44B2N6O4S2. The molecule has 10 nitrogen and oxygen atoms in total. The van der Waals surface area contributed by atoms with Gasteiger partial charge in [0.05, 0.1) is 45.4 Å². The van der Waals surface area contributed by atoms with Gasteiger partial charge in [-0.2, -0.15) is 10.5 Å². The molecule has 364 valence electrons. The zero-order valence-electron chi connectivity index (χ0n) is 41.2. The third kappa shape index (κ3) is 9.58. The summed E-state index contributed by atoms with van der Waals surface area (Å²) in [5.74, 6) is 1.38. The zero-order chi connectivity index (χ0) is 52.1. The van der Waals surface area contributed by atoms with E-state index in [0.29, 0.717) is 65.8 Å². The third-order valence-electron chi connectivity index (χ3n) is 13.2. The van der Waals surface area contributed by atoms with Gasteiger partial charge in [-0.25, -0.2) is 9.97 Å². The van der Waals surface area contributed by atoms with Gasteiger partial charge >= 0.3 is 13.7 Å². The largest absolute Gasteiger partial charge is 0.508 e. The quantitative estimate of drug-likeness (QED) is 0.116. The number of hydrogen-bond donors (Lipinski definition) is 2. The Morgan fingerprint density at radius 3 is 1.08 bits per heavy atom. The summed E-state index contributed by atoms with van der Waals surface area (Å²) in [6.45, 7) is -1.28. The van der Waals surface area contributed by atoms with Crippen LogP contribution in [0.4, 0.5) is 0 Å². The first-order valence-corrected chi connectivity index (χ1v) is 25.9. The van der Waals surface area contributed by atoms with Gasteiger partial charge in [-0.3, -0.25) is 0 Å². The predicted octanol–water partition coefficient (Wildman–Crippen LogP) is 9.15. The highest BCUT2D eigenvalue weighted by Gasteiger charge is 2.31. The fourth-order valence-electron chi connectivity index (χ4n) is 9.68. The lowest BCUT2D eigenvalue weighted by molar-refractivity contribution is 0.415. The number of aromatic nitrogens is 4. The van der Waals surface area contributed by atoms with Gasteiger partial charge in [-0.05, 0) is 96.1 Å². The Bertz CT molecular complexity index is 3840. The lowest BCUT2D eigenvalue weighted by Crippen LogP contribution is -2.56. The summed E-state index contributed by atoms with van der Waals surface area (Å²) < 4.78 is 17.3. The number of phenolic OH excluding ortho intramolecular Hbond substituents is 2. The SMILES string of the molecule is COc1ccc2sc(/C(C#N)=c3/cc(-c4ccc(O)cc4)n(B(c4ccccc4)c4ccccc4)/c(=C(/C#N)c4nc5cc(OC)ccc5s4)cc(-c4ccc(O)cc4)n3B(c3ccccc3)c3ccccc3)nc2c1. The first-order chi connectivity index (χ1) is 37.3. The van der Waals surface area contributed by atoms with Crippen molar-refractivity contribution in [1.82, 2.24) is 18.9 Å². The molecule has 0 aliphatic rings. The smallest absolute Gasteiger partial charge is 0.328 e. The Morgan fingerprint density at radius 2 is 0.776 bits per heavy atom. The number of nitrogens with zero attached hydrogens (tertiary/aromatic N) is 6. The number of nitriles is 2. The summed E-state index contributed by atoms with van der Waals surface area (Å²) in [5, 5.41) is 47.9. The van der Waals surface area contributed by atoms with E-state index in [9.17, 15) is 20.7 Å². The number of aromatic hydroxyl groups is 2. The van der Waals surface area contributed by atoms with Gasteiger partial charge in [-0.15, -0.1) is 22.7 Å². The molecule has 3 heterocycles. The first-order valence-electron chi connectivity index (χ1n) is 24.3. The molecular weight excluding hydrogens is 978 g/mol. The van der Waals surface area contributed by atoms with Crippen LogP contribution in [0.5, 0.6) is 23.0 Å². The molecule has 2 N–H and O–H groups in total. The maximum absolute atomic E-state index is 12.0. The van der Waals surface area contributed by atoms with E-state index in [0.717, 1.165) is 31.3 Å². The molecule has 0 aliphatic carbocycles. The Kier molecular flexibility index (Phi) is 13.8. The number of rotatable bonds is 12. The molecule has 0 radical (unpaired) electrons. The van der Waals surface area contributed by atoms with Crippen molar-refractivity contribution in [3.63, 3.8) is 0 Å². The van der Waals surface area contributed by atoms with Gasteiger partial charge in [0.15, 0.2) is 0 Å². The van der Waals surface area contributed by atoms with Crippen LogP contribution in [0.3, 0.4) is 0 Å². The van der Waals surface area contributed by atoms with Crippen molar-refractivity contribution >= 4 is 89.8 Å². The number of ether oxygens (including phenoxy) is 2. The van der Waals surface area contributed by atoms with Crippen LogP contribution >= 0.6 is 22.7 Å². The molecule has 11 rings (SSSR count). The van der Waals surface area contributed by atoms with E-state index in [1.54, 1.807) is 38.5 Å². The van der Waals surface area contributed by atoms with Crippen molar-refractivity contribution in [1.29, 1.82) is 10.5 Å². The molecule has 0 amide bonds. The van der Waals surface area contributed by atoms with Crippen molar-refractivity contribution in [2.45, 2.75) is 0 Å². The number of thiazole rings is 2. The minimum absolute atomic E-state index is 0.0607. The highest BCUT2D eigenvalue weighted by Crippen LogP contribution is 2.32. The van der Waals surface area contributed by atoms with Gasteiger partial charge in [0.25, 0.3) is 0 Å². The van der Waals surface area contributed by atoms with E-state index in [4.69, 9.17) is 19.4 Å². The van der Waals surface area contributed by atoms with Crippen molar-refractivity contribution < 1.29 is 19.7 Å². The Hall–Kier alpha value is -9.59. The van der Waals surface area contributed by atoms with Gasteiger partial charge in [-0.1, -0.05) is 143 Å². The molecule has 0 atom stereocenters. The molecule has 3 aromatic heterocycles. The first kappa shape index (κ1) is 48.7. The van der Waals surface area contributed by atoms with E-state index >= 15 is 0 Å². The predicted molar refractivity (Wildman–Crippen MR) is 309 cm³/mol. The van der Waals surface area contributed by atoms with Crippen LogP contribution in [-0.2, 0) is 0 Å². The number of methoxy groups -OCH3 is 2. The Morgan fingerprint density at radius 1 is 0.447 bits per heavy atom. The van der Waals surface area contributed by atoms with E-state index in [-0.39, 0.29) is 22.6 Å². The second-order valence-electron chi connectivity index (χ2n) is 17.8. The Labute approximate surface area is 447 Å². The van der Waals surface area contributed by atoms with Crippen molar-refractivity contribution in [3.05, 3.63) is 239 Å². The van der Waals surface area contributed by atoms with Gasteiger partial charge < -0.3 is 28.6 Å². The van der Waals surface area contributed by atoms with Gasteiger partial charge in [0, 0.05) is 23.5 Å². The second-order valence-corrected chi connectivity index (χ2v) is 19.9. The summed E-state index contributed by atoms with van der Waals surface area (Å²) in [6.07, 6.45) is 0. The number of benzene rings is 8. The fourth-order valence-corrected chi connectivity index (χ4v) is 11.6. The van der Waals surface area contributed by atoms with Crippen molar-refractivity contribution in [2.24, 2.45) is 0 Å². The highest BCUT2D eigenvalue weighted by atomic mass is 32.1. The summed E-state index contributed by atoms with van der Waals surface area (Å²) in [7, 11) is 3.23. The average molecular weight is 1020 g/mol. The molecule has 0 unspecified atom stereocenters. The van der Waals surface area contributed by atoms with Crippen LogP contribution in [0, 0.1) is 22.7 Å². The minimum Gasteiger partial charge on any atom is -0.508 e. The van der Waals surface area contributed by atoms with Crippen LogP contribution in [0.15, 0.2) is 218 Å². The lowest BCUT2D eigenvalue weighted by Gasteiger charge is -2.27. The fraction of sp³-hybridized carbons (Fsp3) is 0.0323. The normalized spacial score (nSPS) is 11.8. The molecule has 0 saturated heterocycles. The molecule has 11 aromatic rings. The molecule has 76 heavy (non-hydrogen) atoms. The molecule has 14 heteroatoms. The third-order valence-corrected chi connectivity index (χ3v) is 15.3. The topological polar surface area (TPSA) is 142 Å². The van der Waals surface area contributed by atoms with Gasteiger partial charge in [0.1, 0.15) is 56.3 Å². The number of hydrogen-bond acceptors (Lipinski definition) is 10. The average Bonchev–Trinajstić information content (AvgIpc) is 4.09. The summed E-state index contributed by atoms with van der Waals surface area (Å²) in [4.78, 5) is 10.4. The Balaban J connectivity index is 1.49. The highest BCUT2D eigenvalue weighted by molar-refractivity contribution is 7.20. The second kappa shape index (κ2) is 21.5. The number of fused-ring (bicyclic) bond motifs is 2. The maximum atomic E-state index is 12.0. The standard InChI is InChI=1S/C62H44B2N6O4S2/c1-73-49-31-33-59-53(35-49)67-61(75-59)51(39-65)57-37-55(41-23-27-47(71)28-24-41)70(64(45-19-11-5-12-20-45)46-21-13-6-14-22-46)58(52(40-66)62-68-54-36-50(74-2)32-34-60(54)76-62)38-56(42-25-29-48(72)30-26-42)69(57)63(43-15-7-3-8-16-43)44-17-9-4-10-18-44/h3-38,71-72H,1-2H3/b55-37?,56-38?,57-51-,58-52-. The summed E-state index contributed by atoms with van der Waals surface area (Å²) in [5.41, 5.74) is 7.96. The van der Waals surface area contributed by atoms with Crippen LogP contribution in [-0.4, -0.2) is 57.1 Å². The molecule has 0 saturated carbocycles. The maximum Gasteiger partial charge on any atom is 0.328 e. The van der Waals surface area contributed by atoms with Crippen LogP contribution in [0.1, 0.15) is 10.0 Å². The molecule has 0 spiro atoms.